The lowest BCUT2D eigenvalue weighted by Crippen LogP contribution is -2.19. The van der Waals surface area contributed by atoms with Crippen molar-refractivity contribution in [3.8, 4) is 0 Å². The molecular weight excluding hydrogens is 316 g/mol. The minimum atomic E-state index is -0.563. The molecule has 0 heterocycles. The maximum absolute atomic E-state index is 11.9. The summed E-state index contributed by atoms with van der Waals surface area (Å²) in [7, 11) is 0. The van der Waals surface area contributed by atoms with Gasteiger partial charge in [0.05, 0.1) is 15.6 Å². The van der Waals surface area contributed by atoms with Gasteiger partial charge in [0.25, 0.3) is 17.3 Å². The van der Waals surface area contributed by atoms with Crippen LogP contribution >= 0.6 is 0 Å². The first-order valence-corrected chi connectivity index (χ1v) is 6.72. The van der Waals surface area contributed by atoms with Crippen LogP contribution < -0.4 is 5.43 Å². The molecule has 0 aromatic heterocycles. The van der Waals surface area contributed by atoms with E-state index in [1.807, 2.05) is 0 Å². The van der Waals surface area contributed by atoms with Gasteiger partial charge in [0.15, 0.2) is 0 Å². The molecule has 0 saturated carbocycles. The number of hydrazone groups is 1. The van der Waals surface area contributed by atoms with Crippen LogP contribution in [-0.4, -0.2) is 21.5 Å². The molecule has 0 radical (unpaired) electrons. The van der Waals surface area contributed by atoms with Crippen molar-refractivity contribution in [1.82, 2.24) is 5.43 Å². The molecule has 1 N–H and O–H groups in total. The lowest BCUT2D eigenvalue weighted by atomic mass is 10.1. The van der Waals surface area contributed by atoms with Gasteiger partial charge in [0.1, 0.15) is 0 Å². The van der Waals surface area contributed by atoms with Crippen LogP contribution in [0.4, 0.5) is 11.4 Å². The quantitative estimate of drug-likeness (QED) is 0.512. The molecule has 9 heteroatoms. The van der Waals surface area contributed by atoms with Gasteiger partial charge >= 0.3 is 0 Å². The highest BCUT2D eigenvalue weighted by atomic mass is 16.6. The van der Waals surface area contributed by atoms with Gasteiger partial charge in [-0.05, 0) is 19.1 Å². The van der Waals surface area contributed by atoms with Crippen molar-refractivity contribution in [2.45, 2.75) is 6.92 Å². The molecule has 0 atom stereocenters. The number of carbonyl (C=O) groups excluding carboxylic acids is 1. The molecule has 0 bridgehead atoms. The van der Waals surface area contributed by atoms with E-state index in [1.54, 1.807) is 13.0 Å². The summed E-state index contributed by atoms with van der Waals surface area (Å²) in [6.07, 6.45) is 0. The van der Waals surface area contributed by atoms with Crippen molar-refractivity contribution in [1.29, 1.82) is 0 Å². The summed E-state index contributed by atoms with van der Waals surface area (Å²) in [4.78, 5) is 32.2. The Kier molecular flexibility index (Phi) is 4.95. The van der Waals surface area contributed by atoms with Crippen LogP contribution in [0.15, 0.2) is 53.6 Å². The average Bonchev–Trinajstić information content (AvgIpc) is 2.59. The van der Waals surface area contributed by atoms with Crippen LogP contribution in [0.25, 0.3) is 0 Å². The molecule has 9 nitrogen and oxygen atoms in total. The first-order chi connectivity index (χ1) is 11.4. The summed E-state index contributed by atoms with van der Waals surface area (Å²) in [6.45, 7) is 1.59. The zero-order valence-electron chi connectivity index (χ0n) is 12.5. The molecule has 0 spiro atoms. The fraction of sp³-hybridized carbons (Fsp3) is 0.0667. The average molecular weight is 328 g/mol. The fourth-order valence-corrected chi connectivity index (χ4v) is 1.84. The fourth-order valence-electron chi connectivity index (χ4n) is 1.84. The third-order valence-electron chi connectivity index (χ3n) is 3.14. The maximum Gasteiger partial charge on any atom is 0.271 e. The van der Waals surface area contributed by atoms with E-state index in [2.05, 4.69) is 10.5 Å². The number of nitro benzene ring substituents is 2. The summed E-state index contributed by atoms with van der Waals surface area (Å²) in [5.41, 5.74) is 3.18. The predicted octanol–water partition coefficient (Wildman–Crippen LogP) is 2.66. The van der Waals surface area contributed by atoms with E-state index in [0.717, 1.165) is 0 Å². The minimum Gasteiger partial charge on any atom is -0.267 e. The van der Waals surface area contributed by atoms with Crippen molar-refractivity contribution >= 4 is 23.0 Å². The largest absolute Gasteiger partial charge is 0.271 e. The lowest BCUT2D eigenvalue weighted by Gasteiger charge is -2.03. The Morgan fingerprint density at radius 1 is 0.958 bits per heavy atom. The monoisotopic (exact) mass is 328 g/mol. The molecule has 0 aliphatic rings. The molecule has 0 aliphatic carbocycles. The molecule has 2 aromatic rings. The number of rotatable bonds is 5. The standard InChI is InChI=1S/C15H12N4O5/c1-10(12-3-2-4-14(9-12)19(23)24)16-17-15(20)11-5-7-13(8-6-11)18(21)22/h2-9H,1H3,(H,17,20). The van der Waals surface area contributed by atoms with E-state index in [-0.39, 0.29) is 16.9 Å². The van der Waals surface area contributed by atoms with Gasteiger partial charge in [-0.3, -0.25) is 25.0 Å². The smallest absolute Gasteiger partial charge is 0.267 e. The summed E-state index contributed by atoms with van der Waals surface area (Å²) in [6, 6.07) is 10.9. The molecule has 0 saturated heterocycles. The Hall–Kier alpha value is -3.62. The topological polar surface area (TPSA) is 128 Å². The number of nitrogens with one attached hydrogen (secondary N) is 1. The highest BCUT2D eigenvalue weighted by Crippen LogP contribution is 2.14. The first kappa shape index (κ1) is 16.7. The molecule has 24 heavy (non-hydrogen) atoms. The number of non-ortho nitro benzene ring substituents is 2. The highest BCUT2D eigenvalue weighted by molar-refractivity contribution is 6.01. The second kappa shape index (κ2) is 7.09. The molecular formula is C15H12N4O5. The van der Waals surface area contributed by atoms with Gasteiger partial charge in [0.2, 0.25) is 0 Å². The van der Waals surface area contributed by atoms with Crippen LogP contribution in [0.1, 0.15) is 22.8 Å². The Morgan fingerprint density at radius 3 is 2.17 bits per heavy atom. The van der Waals surface area contributed by atoms with Gasteiger partial charge in [-0.2, -0.15) is 5.10 Å². The molecule has 2 aromatic carbocycles. The van der Waals surface area contributed by atoms with Crippen molar-refractivity contribution in [3.63, 3.8) is 0 Å². The van der Waals surface area contributed by atoms with Gasteiger partial charge in [-0.15, -0.1) is 0 Å². The Balaban J connectivity index is 2.11. The van der Waals surface area contributed by atoms with Crippen LogP contribution in [0.3, 0.4) is 0 Å². The Bertz CT molecular complexity index is 830. The highest BCUT2D eigenvalue weighted by Gasteiger charge is 2.10. The van der Waals surface area contributed by atoms with Crippen molar-refractivity contribution in [2.24, 2.45) is 5.10 Å². The Labute approximate surface area is 135 Å². The van der Waals surface area contributed by atoms with Crippen molar-refractivity contribution < 1.29 is 14.6 Å². The number of amides is 1. The molecule has 0 fully saturated rings. The van der Waals surface area contributed by atoms with E-state index in [9.17, 15) is 25.0 Å². The first-order valence-electron chi connectivity index (χ1n) is 6.72. The van der Waals surface area contributed by atoms with E-state index in [4.69, 9.17) is 0 Å². The summed E-state index contributed by atoms with van der Waals surface area (Å²) in [5.74, 6) is -0.547. The lowest BCUT2D eigenvalue weighted by molar-refractivity contribution is -0.385. The molecule has 0 aliphatic heterocycles. The van der Waals surface area contributed by atoms with Gasteiger partial charge in [0, 0.05) is 35.4 Å². The van der Waals surface area contributed by atoms with Crippen molar-refractivity contribution in [3.05, 3.63) is 79.9 Å². The maximum atomic E-state index is 11.9. The van der Waals surface area contributed by atoms with E-state index < -0.39 is 15.8 Å². The molecule has 1 amide bonds. The number of nitro groups is 2. The second-order valence-electron chi connectivity index (χ2n) is 4.75. The zero-order chi connectivity index (χ0) is 17.7. The number of benzene rings is 2. The number of hydrogen-bond acceptors (Lipinski definition) is 6. The van der Waals surface area contributed by atoms with E-state index >= 15 is 0 Å². The minimum absolute atomic E-state index is 0.0799. The summed E-state index contributed by atoms with van der Waals surface area (Å²) in [5, 5.41) is 25.2. The predicted molar refractivity (Wildman–Crippen MR) is 85.9 cm³/mol. The zero-order valence-corrected chi connectivity index (χ0v) is 12.5. The molecule has 122 valence electrons. The molecule has 2 rings (SSSR count). The van der Waals surface area contributed by atoms with Crippen LogP contribution in [0, 0.1) is 20.2 Å². The normalized spacial score (nSPS) is 11.0. The SMILES string of the molecule is CC(=NNC(=O)c1ccc([N+](=O)[O-])cc1)c1cccc([N+](=O)[O-])c1. The Morgan fingerprint density at radius 2 is 1.58 bits per heavy atom. The number of hydrogen-bond donors (Lipinski definition) is 1. The number of carbonyl (C=O) groups is 1. The van der Waals surface area contributed by atoms with Gasteiger partial charge in [-0.25, -0.2) is 5.43 Å². The molecule has 0 unspecified atom stereocenters. The summed E-state index contributed by atoms with van der Waals surface area (Å²) < 4.78 is 0. The number of nitrogens with zero attached hydrogens (tertiary/aromatic N) is 3. The summed E-state index contributed by atoms with van der Waals surface area (Å²) >= 11 is 0. The van der Waals surface area contributed by atoms with Gasteiger partial charge in [-0.1, -0.05) is 12.1 Å². The van der Waals surface area contributed by atoms with Gasteiger partial charge < -0.3 is 0 Å². The van der Waals surface area contributed by atoms with E-state index in [1.165, 1.54) is 42.5 Å². The second-order valence-corrected chi connectivity index (χ2v) is 4.75. The van der Waals surface area contributed by atoms with Crippen molar-refractivity contribution in [2.75, 3.05) is 0 Å². The van der Waals surface area contributed by atoms with E-state index in [0.29, 0.717) is 11.3 Å². The van der Waals surface area contributed by atoms with Crippen LogP contribution in [0.2, 0.25) is 0 Å². The van der Waals surface area contributed by atoms with Crippen LogP contribution in [0.5, 0.6) is 0 Å². The third-order valence-corrected chi connectivity index (χ3v) is 3.14. The van der Waals surface area contributed by atoms with Crippen LogP contribution in [-0.2, 0) is 0 Å². The third kappa shape index (κ3) is 3.97.